The second kappa shape index (κ2) is 11.8. The molecule has 0 aromatic heterocycles. The van der Waals surface area contributed by atoms with Crippen LogP contribution in [0.15, 0.2) is 84.9 Å². The van der Waals surface area contributed by atoms with Crippen molar-refractivity contribution in [3.8, 4) is 0 Å². The summed E-state index contributed by atoms with van der Waals surface area (Å²) in [4.78, 5) is 15.0. The first-order valence-corrected chi connectivity index (χ1v) is 17.2. The van der Waals surface area contributed by atoms with Gasteiger partial charge in [0, 0.05) is 0 Å². The van der Waals surface area contributed by atoms with E-state index in [4.69, 9.17) is 23.7 Å². The first-order chi connectivity index (χ1) is 21.2. The second-order valence-corrected chi connectivity index (χ2v) is 15.4. The quantitative estimate of drug-likeness (QED) is 0.281. The maximum absolute atomic E-state index is 12.5. The minimum absolute atomic E-state index is 0.0228. The first-order valence-electron chi connectivity index (χ1n) is 15.5. The van der Waals surface area contributed by atoms with Crippen LogP contribution in [0.5, 0.6) is 0 Å². The molecule has 5 fully saturated rings. The van der Waals surface area contributed by atoms with Crippen LogP contribution in [0.25, 0.3) is 0 Å². The summed E-state index contributed by atoms with van der Waals surface area (Å²) >= 11 is 0.120. The van der Waals surface area contributed by atoms with E-state index in [9.17, 15) is 4.79 Å². The van der Waals surface area contributed by atoms with E-state index in [-0.39, 0.29) is 55.6 Å². The van der Waals surface area contributed by atoms with Crippen LogP contribution in [0.2, 0.25) is 4.31 Å². The Labute approximate surface area is 258 Å². The fourth-order valence-corrected chi connectivity index (χ4v) is 10.9. The molecule has 0 radical (unpaired) electrons. The Morgan fingerprint density at radius 2 is 1.37 bits per heavy atom. The molecule has 0 N–H and O–H groups in total. The van der Waals surface area contributed by atoms with E-state index in [1.165, 1.54) is 16.4 Å². The van der Waals surface area contributed by atoms with Gasteiger partial charge in [-0.1, -0.05) is 0 Å². The number of hydrogen-bond donors (Lipinski definition) is 0. The molecule has 0 amide bonds. The predicted molar refractivity (Wildman–Crippen MR) is 161 cm³/mol. The number of hydrogen-bond acceptors (Lipinski definition) is 7. The van der Waals surface area contributed by atoms with Gasteiger partial charge in [-0.2, -0.15) is 0 Å². The van der Waals surface area contributed by atoms with Gasteiger partial charge < -0.3 is 0 Å². The van der Waals surface area contributed by atoms with E-state index in [1.54, 1.807) is 0 Å². The first kappa shape index (κ1) is 28.0. The SMILES string of the molecule is O=C1C[C@]2([Se]c3ccccc3CN3[C@H]4COC(c5ccccc5)O[C@H]4[C@@H]4OC(c5ccccc5)OC[C@@H]43)CCCC[C@@H]2O1. The van der Waals surface area contributed by atoms with Gasteiger partial charge in [0.1, 0.15) is 0 Å². The Bertz CT molecular complexity index is 1380. The molecule has 1 aliphatic carbocycles. The number of carbonyl (C=O) groups excluding carboxylic acids is 1. The summed E-state index contributed by atoms with van der Waals surface area (Å²) in [6.45, 7) is 1.86. The molecule has 8 heteroatoms. The van der Waals surface area contributed by atoms with Crippen LogP contribution in [-0.2, 0) is 35.0 Å². The summed E-state index contributed by atoms with van der Waals surface area (Å²) in [5, 5.41) is 0. The third-order valence-electron chi connectivity index (χ3n) is 9.73. The molecule has 4 saturated heterocycles. The van der Waals surface area contributed by atoms with Gasteiger partial charge in [-0.15, -0.1) is 0 Å². The third kappa shape index (κ3) is 5.27. The molecule has 0 bridgehead atoms. The van der Waals surface area contributed by atoms with Crippen molar-refractivity contribution in [3.63, 3.8) is 0 Å². The van der Waals surface area contributed by atoms with Crippen LogP contribution in [0.3, 0.4) is 0 Å². The molecule has 0 spiro atoms. The van der Waals surface area contributed by atoms with E-state index in [0.29, 0.717) is 19.6 Å². The number of likely N-dealkylation sites (tertiary alicyclic amines) is 1. The van der Waals surface area contributed by atoms with E-state index in [1.807, 2.05) is 36.4 Å². The van der Waals surface area contributed by atoms with Crippen molar-refractivity contribution < 1.29 is 28.5 Å². The van der Waals surface area contributed by atoms with Crippen molar-refractivity contribution in [1.29, 1.82) is 0 Å². The van der Waals surface area contributed by atoms with Crippen LogP contribution in [-0.4, -0.2) is 69.4 Å². The number of carbonyl (C=O) groups is 1. The van der Waals surface area contributed by atoms with Gasteiger partial charge >= 0.3 is 260 Å². The number of esters is 1. The van der Waals surface area contributed by atoms with Gasteiger partial charge in [-0.25, -0.2) is 0 Å². The summed E-state index contributed by atoms with van der Waals surface area (Å²) in [5.74, 6) is -0.0228. The zero-order valence-electron chi connectivity index (χ0n) is 24.1. The number of rotatable bonds is 6. The molecule has 1 saturated carbocycles. The van der Waals surface area contributed by atoms with Crippen molar-refractivity contribution in [1.82, 2.24) is 4.90 Å². The summed E-state index contributed by atoms with van der Waals surface area (Å²) in [7, 11) is 0. The van der Waals surface area contributed by atoms with Crippen LogP contribution in [0.4, 0.5) is 0 Å². The molecule has 7 nitrogen and oxygen atoms in total. The molecular weight excluding hydrogens is 609 g/mol. The Kier molecular flexibility index (Phi) is 7.64. The van der Waals surface area contributed by atoms with Crippen molar-refractivity contribution >= 4 is 25.4 Å². The Morgan fingerprint density at radius 3 is 2.02 bits per heavy atom. The maximum atomic E-state index is 12.5. The zero-order valence-corrected chi connectivity index (χ0v) is 25.8. The second-order valence-electron chi connectivity index (χ2n) is 12.3. The number of fused-ring (bicyclic) bond motifs is 4. The van der Waals surface area contributed by atoms with E-state index < -0.39 is 12.6 Å². The molecule has 43 heavy (non-hydrogen) atoms. The molecule has 2 unspecified atom stereocenters. The average Bonchev–Trinajstić information content (AvgIpc) is 3.55. The van der Waals surface area contributed by atoms with Crippen LogP contribution in [0, 0.1) is 0 Å². The third-order valence-corrected chi connectivity index (χ3v) is 13.2. The molecule has 8 atom stereocenters. The summed E-state index contributed by atoms with van der Waals surface area (Å²) in [6.07, 6.45) is 3.83. The molecule has 3 aromatic rings. The van der Waals surface area contributed by atoms with Crippen molar-refractivity contribution in [2.45, 2.75) is 85.9 Å². The molecule has 5 aliphatic rings. The minimum atomic E-state index is -0.428. The van der Waals surface area contributed by atoms with Gasteiger partial charge in [-0.3, -0.25) is 0 Å². The standard InChI is InChI=1S/C35H37NO6Se/c37-30-19-35(18-10-9-17-29(35)40-30)43-28-16-8-7-15-25(28)20-36-26-21-38-33(23-11-3-1-4-12-23)41-31(26)32-27(36)22-39-34(42-32)24-13-5-2-6-14-24/h1-8,11-16,26-27,29,31-34H,9-10,17-22H2/t26-,27-,29-,31+,32+,33?,34?,35+/m0/s1. The van der Waals surface area contributed by atoms with Crippen molar-refractivity contribution in [2.24, 2.45) is 0 Å². The number of nitrogens with zero attached hydrogens (tertiary/aromatic N) is 1. The molecule has 4 aliphatic heterocycles. The Balaban J connectivity index is 1.08. The van der Waals surface area contributed by atoms with E-state index in [2.05, 4.69) is 53.4 Å². The fraction of sp³-hybridized carbons (Fsp3) is 0.457. The normalized spacial score (nSPS) is 35.5. The molecule has 8 rings (SSSR count). The zero-order chi connectivity index (χ0) is 28.8. The Morgan fingerprint density at radius 1 is 0.767 bits per heavy atom. The van der Waals surface area contributed by atoms with E-state index >= 15 is 0 Å². The van der Waals surface area contributed by atoms with Gasteiger partial charge in [0.2, 0.25) is 0 Å². The van der Waals surface area contributed by atoms with Crippen molar-refractivity contribution in [3.05, 3.63) is 102 Å². The van der Waals surface area contributed by atoms with E-state index in [0.717, 1.165) is 36.9 Å². The van der Waals surface area contributed by atoms with Gasteiger partial charge in [0.05, 0.1) is 0 Å². The predicted octanol–water partition coefficient (Wildman–Crippen LogP) is 4.85. The van der Waals surface area contributed by atoms with Gasteiger partial charge in [0.25, 0.3) is 0 Å². The monoisotopic (exact) mass is 647 g/mol. The molecule has 224 valence electrons. The molecule has 3 aromatic carbocycles. The summed E-state index contributed by atoms with van der Waals surface area (Å²) in [5.41, 5.74) is 3.34. The van der Waals surface area contributed by atoms with Gasteiger partial charge in [0.15, 0.2) is 0 Å². The summed E-state index contributed by atoms with van der Waals surface area (Å²) in [6, 6.07) is 29.2. The number of benzene rings is 3. The fourth-order valence-electron chi connectivity index (χ4n) is 7.61. The van der Waals surface area contributed by atoms with Crippen molar-refractivity contribution in [2.75, 3.05) is 13.2 Å². The van der Waals surface area contributed by atoms with Crippen LogP contribution < -0.4 is 4.46 Å². The summed E-state index contributed by atoms with van der Waals surface area (Å²) < 4.78 is 33.4. The molecular formula is C35H37NO6Se. The average molecular weight is 647 g/mol. The van der Waals surface area contributed by atoms with Gasteiger partial charge in [-0.05, 0) is 0 Å². The molecule has 4 heterocycles. The topological polar surface area (TPSA) is 66.5 Å². The number of ether oxygens (including phenoxy) is 5. The van der Waals surface area contributed by atoms with Crippen LogP contribution in [0.1, 0.15) is 61.4 Å². The Hall–Kier alpha value is -2.55. The van der Waals surface area contributed by atoms with Crippen LogP contribution >= 0.6 is 0 Å².